The van der Waals surface area contributed by atoms with E-state index in [4.69, 9.17) is 0 Å². The Hall–Kier alpha value is -6.76. The average molecular weight is 722 g/mol. The van der Waals surface area contributed by atoms with Crippen LogP contribution in [0.15, 0.2) is 200 Å². The highest BCUT2D eigenvalue weighted by atomic mass is 15.4. The summed E-state index contributed by atoms with van der Waals surface area (Å²) in [6.45, 7) is 0. The van der Waals surface area contributed by atoms with Gasteiger partial charge in [-0.3, -0.25) is 16.0 Å². The van der Waals surface area contributed by atoms with Gasteiger partial charge in [-0.15, -0.1) is 0 Å². The first kappa shape index (κ1) is 32.7. The van der Waals surface area contributed by atoms with Gasteiger partial charge in [-0.25, -0.2) is 0 Å². The predicted molar refractivity (Wildman–Crippen MR) is 231 cm³/mol. The second-order valence-electron chi connectivity index (χ2n) is 14.6. The Morgan fingerprint density at radius 3 is 1.59 bits per heavy atom. The Balaban J connectivity index is 1.21. The van der Waals surface area contributed by atoms with Crippen molar-refractivity contribution in [2.75, 3.05) is 0 Å². The molecule has 10 aromatic rings. The van der Waals surface area contributed by atoms with Gasteiger partial charge in [0.2, 0.25) is 0 Å². The smallest absolute Gasteiger partial charge is 0.142 e. The molecule has 0 radical (unpaired) electrons. The Bertz CT molecular complexity index is 2960. The quantitative estimate of drug-likeness (QED) is 0.160. The van der Waals surface area contributed by atoms with E-state index in [0.29, 0.717) is 0 Å². The zero-order valence-electron chi connectivity index (χ0n) is 30.7. The van der Waals surface area contributed by atoms with Crippen LogP contribution in [0.3, 0.4) is 0 Å². The van der Waals surface area contributed by atoms with Crippen molar-refractivity contribution >= 4 is 43.6 Å². The molecule has 8 aromatic carbocycles. The summed E-state index contributed by atoms with van der Waals surface area (Å²) in [5.41, 5.74) is 13.0. The maximum atomic E-state index is 3.97. The normalized spacial score (nSPS) is 17.2. The van der Waals surface area contributed by atoms with Crippen LogP contribution in [-0.2, 0) is 0 Å². The summed E-state index contributed by atoms with van der Waals surface area (Å²) < 4.78 is 5.00. The largest absolute Gasteiger partial charge is 0.311 e. The summed E-state index contributed by atoms with van der Waals surface area (Å²) in [4.78, 5) is 0. The Labute approximate surface area is 325 Å². The lowest BCUT2D eigenvalue weighted by atomic mass is 9.92. The van der Waals surface area contributed by atoms with Crippen LogP contribution in [0.2, 0.25) is 0 Å². The van der Waals surface area contributed by atoms with Gasteiger partial charge in [0.05, 0.1) is 40.1 Å². The summed E-state index contributed by atoms with van der Waals surface area (Å²) in [7, 11) is 0. The number of para-hydroxylation sites is 2. The summed E-state index contributed by atoms with van der Waals surface area (Å²) in [6.07, 6.45) is -0.410. The summed E-state index contributed by atoms with van der Waals surface area (Å²) >= 11 is 0. The van der Waals surface area contributed by atoms with Crippen molar-refractivity contribution in [3.05, 3.63) is 211 Å². The van der Waals surface area contributed by atoms with Gasteiger partial charge in [-0.1, -0.05) is 176 Å². The lowest BCUT2D eigenvalue weighted by Gasteiger charge is -2.40. The molecular formula is C51H39N5. The minimum Gasteiger partial charge on any atom is -0.311 e. The van der Waals surface area contributed by atoms with Crippen LogP contribution in [0.5, 0.6) is 0 Å². The maximum absolute atomic E-state index is 3.97. The molecule has 0 spiro atoms. The van der Waals surface area contributed by atoms with Gasteiger partial charge in [0.1, 0.15) is 6.29 Å². The first-order valence-electron chi connectivity index (χ1n) is 19.4. The third kappa shape index (κ3) is 5.29. The molecular weight excluding hydrogens is 683 g/mol. The van der Waals surface area contributed by atoms with Crippen LogP contribution in [0, 0.1) is 0 Å². The van der Waals surface area contributed by atoms with E-state index in [9.17, 15) is 0 Å². The number of rotatable bonds is 6. The zero-order chi connectivity index (χ0) is 37.0. The van der Waals surface area contributed by atoms with Gasteiger partial charge in [0.15, 0.2) is 0 Å². The molecule has 1 saturated heterocycles. The highest BCUT2D eigenvalue weighted by Gasteiger charge is 2.32. The summed E-state index contributed by atoms with van der Waals surface area (Å²) in [6, 6.07) is 72.2. The summed E-state index contributed by atoms with van der Waals surface area (Å²) in [5.74, 6) is 0. The molecule has 1 aliphatic heterocycles. The lowest BCUT2D eigenvalue weighted by molar-refractivity contribution is 0.161. The van der Waals surface area contributed by atoms with Crippen molar-refractivity contribution in [1.29, 1.82) is 0 Å². The first-order chi connectivity index (χ1) is 27.8. The molecule has 2 aromatic heterocycles. The number of nitrogens with one attached hydrogen (secondary N) is 3. The van der Waals surface area contributed by atoms with E-state index in [-0.39, 0.29) is 18.6 Å². The second kappa shape index (κ2) is 13.5. The monoisotopic (exact) mass is 721 g/mol. The first-order valence-corrected chi connectivity index (χ1v) is 19.4. The fourth-order valence-corrected chi connectivity index (χ4v) is 9.01. The molecule has 0 aliphatic carbocycles. The molecule has 0 saturated carbocycles. The number of hydrogen-bond acceptors (Lipinski definition) is 3. The second-order valence-corrected chi connectivity index (χ2v) is 14.6. The van der Waals surface area contributed by atoms with E-state index < -0.39 is 0 Å². The van der Waals surface area contributed by atoms with Crippen molar-refractivity contribution in [1.82, 2.24) is 25.1 Å². The van der Waals surface area contributed by atoms with Gasteiger partial charge < -0.3 is 9.13 Å². The van der Waals surface area contributed by atoms with Crippen molar-refractivity contribution in [2.45, 2.75) is 18.6 Å². The summed E-state index contributed by atoms with van der Waals surface area (Å²) in [5, 5.41) is 16.7. The van der Waals surface area contributed by atoms with Gasteiger partial charge in [-0.2, -0.15) is 0 Å². The van der Waals surface area contributed by atoms with Crippen LogP contribution < -0.4 is 16.0 Å². The van der Waals surface area contributed by atoms with Gasteiger partial charge >= 0.3 is 0 Å². The van der Waals surface area contributed by atoms with E-state index in [2.05, 4.69) is 225 Å². The standard InChI is InChI=1S/C51H39N5/c1-5-18-34(19-6-1)38-28-17-31-44(46(38)35-20-7-2-8-21-35)55-42-29-15-13-26-39(42)40-32-33-45-47(48(40)55)41-27-14-16-30-43(41)56(45)51-53-49(36-22-9-3-10-23-36)52-50(54-51)37-24-11-4-12-25-37/h1-33,49-54H. The number of benzene rings is 8. The molecule has 0 bridgehead atoms. The number of aromatic nitrogens is 2. The molecule has 268 valence electrons. The van der Waals surface area contributed by atoms with Crippen LogP contribution in [-0.4, -0.2) is 9.13 Å². The molecule has 56 heavy (non-hydrogen) atoms. The molecule has 3 heterocycles. The number of hydrogen-bond donors (Lipinski definition) is 3. The van der Waals surface area contributed by atoms with Crippen LogP contribution in [0.25, 0.3) is 71.6 Å². The van der Waals surface area contributed by atoms with Gasteiger partial charge in [-0.05, 0) is 52.1 Å². The van der Waals surface area contributed by atoms with Crippen LogP contribution in [0.1, 0.15) is 29.7 Å². The lowest BCUT2D eigenvalue weighted by Crippen LogP contribution is -2.56. The fourth-order valence-electron chi connectivity index (χ4n) is 9.01. The van der Waals surface area contributed by atoms with E-state index in [1.54, 1.807) is 0 Å². The van der Waals surface area contributed by atoms with Gasteiger partial charge in [0.25, 0.3) is 0 Å². The molecule has 5 heteroatoms. The number of fused-ring (bicyclic) bond motifs is 7. The van der Waals surface area contributed by atoms with Crippen LogP contribution in [0.4, 0.5) is 0 Å². The molecule has 1 fully saturated rings. The zero-order valence-corrected chi connectivity index (χ0v) is 30.7. The molecule has 11 rings (SSSR count). The topological polar surface area (TPSA) is 46.0 Å². The maximum Gasteiger partial charge on any atom is 0.142 e. The van der Waals surface area contributed by atoms with E-state index in [0.717, 1.165) is 11.2 Å². The van der Waals surface area contributed by atoms with Gasteiger partial charge in [0, 0.05) is 27.1 Å². The third-order valence-corrected chi connectivity index (χ3v) is 11.4. The minimum atomic E-state index is -0.231. The van der Waals surface area contributed by atoms with Crippen molar-refractivity contribution in [3.63, 3.8) is 0 Å². The third-order valence-electron chi connectivity index (χ3n) is 11.4. The molecule has 5 nitrogen and oxygen atoms in total. The highest BCUT2D eigenvalue weighted by molar-refractivity contribution is 6.26. The minimum absolute atomic E-state index is 0.0896. The van der Waals surface area contributed by atoms with E-state index in [1.165, 1.54) is 71.5 Å². The molecule has 0 amide bonds. The van der Waals surface area contributed by atoms with Crippen LogP contribution >= 0.6 is 0 Å². The fraction of sp³-hybridized carbons (Fsp3) is 0.0588. The van der Waals surface area contributed by atoms with E-state index >= 15 is 0 Å². The SMILES string of the molecule is c1ccc(-c2cccc(-n3c4ccccc4c4ccc5c(c6ccccc6n5C5NC(c6ccccc6)NC(c6ccccc6)N5)c43)c2-c2ccccc2)cc1. The van der Waals surface area contributed by atoms with Crippen molar-refractivity contribution in [3.8, 4) is 27.9 Å². The molecule has 1 aliphatic rings. The van der Waals surface area contributed by atoms with Crippen molar-refractivity contribution < 1.29 is 0 Å². The molecule has 2 unspecified atom stereocenters. The Kier molecular flexibility index (Phi) is 7.88. The van der Waals surface area contributed by atoms with Crippen molar-refractivity contribution in [2.24, 2.45) is 0 Å². The highest BCUT2D eigenvalue weighted by Crippen LogP contribution is 2.45. The average Bonchev–Trinajstić information content (AvgIpc) is 3.80. The molecule has 2 atom stereocenters. The predicted octanol–water partition coefficient (Wildman–Crippen LogP) is 11.9. The van der Waals surface area contributed by atoms with E-state index in [1.807, 2.05) is 0 Å². The Morgan fingerprint density at radius 2 is 0.929 bits per heavy atom. The Morgan fingerprint density at radius 1 is 0.375 bits per heavy atom. The molecule has 3 N–H and O–H groups in total. The number of nitrogens with zero attached hydrogens (tertiary/aromatic N) is 2.